The quantitative estimate of drug-likeness (QED) is 0.427. The molecule has 0 amide bonds. The predicted molar refractivity (Wildman–Crippen MR) is 42.4 cm³/mol. The van der Waals surface area contributed by atoms with Crippen molar-refractivity contribution in [1.29, 1.82) is 0 Å². The summed E-state index contributed by atoms with van der Waals surface area (Å²) in [5.41, 5.74) is 0. The maximum Gasteiger partial charge on any atom is 0.131 e. The molecule has 0 aromatic rings. The van der Waals surface area contributed by atoms with Gasteiger partial charge in [-0.2, -0.15) is 0 Å². The van der Waals surface area contributed by atoms with Gasteiger partial charge >= 0.3 is 0 Å². The molecule has 0 rings (SSSR count). The largest absolute Gasteiger partial charge is 0.300 e. The number of Topliss-reactive ketones (excluding diaryl/α,β-unsaturated/α-hetero) is 1. The zero-order chi connectivity index (χ0) is 7.98. The first-order valence-electron chi connectivity index (χ1n) is 3.29. The lowest BCUT2D eigenvalue weighted by Gasteiger charge is -1.98. The Labute approximate surface area is 62.1 Å². The first kappa shape index (κ1) is 8.97. The summed E-state index contributed by atoms with van der Waals surface area (Å²) < 4.78 is 0. The average Bonchev–Trinajstić information content (AvgIpc) is 1.86. The molecule has 0 aromatic heterocycles. The monoisotopic (exact) mass is 136 g/mol. The zero-order valence-electron chi connectivity index (χ0n) is 6.42. The molecule has 54 valence electrons. The first-order valence-corrected chi connectivity index (χ1v) is 3.29. The van der Waals surface area contributed by atoms with Crippen LogP contribution in [0.15, 0.2) is 12.2 Å². The van der Waals surface area contributed by atoms with Gasteiger partial charge in [-0.1, -0.05) is 18.1 Å². The number of ketones is 1. The fraction of sp³-hybridized carbons (Fsp3) is 0.444. The summed E-state index contributed by atoms with van der Waals surface area (Å²) >= 11 is 0. The van der Waals surface area contributed by atoms with Crippen LogP contribution in [-0.4, -0.2) is 5.78 Å². The topological polar surface area (TPSA) is 17.1 Å². The lowest BCUT2D eigenvalue weighted by Crippen LogP contribution is -1.99. The minimum Gasteiger partial charge on any atom is -0.300 e. The number of terminal acetylenes is 1. The Morgan fingerprint density at radius 2 is 2.40 bits per heavy atom. The minimum absolute atomic E-state index is 0.0116. The molecule has 0 aromatic carbocycles. The second-order valence-corrected chi connectivity index (χ2v) is 2.21. The highest BCUT2D eigenvalue weighted by molar-refractivity contribution is 5.76. The third kappa shape index (κ3) is 3.91. The van der Waals surface area contributed by atoms with Gasteiger partial charge in [0.2, 0.25) is 0 Å². The van der Waals surface area contributed by atoms with Gasteiger partial charge in [-0.25, -0.2) is 0 Å². The summed E-state index contributed by atoms with van der Waals surface area (Å²) in [5, 5.41) is 0. The van der Waals surface area contributed by atoms with E-state index in [0.29, 0.717) is 6.42 Å². The Balaban J connectivity index is 3.87. The van der Waals surface area contributed by atoms with Crippen LogP contribution in [0.2, 0.25) is 0 Å². The predicted octanol–water partition coefficient (Wildman–Crippen LogP) is 1.79. The van der Waals surface area contributed by atoms with Gasteiger partial charge in [-0.15, -0.1) is 6.42 Å². The van der Waals surface area contributed by atoms with E-state index >= 15 is 0 Å². The van der Waals surface area contributed by atoms with Crippen LogP contribution in [0.1, 0.15) is 20.3 Å². The Kier molecular flexibility index (Phi) is 4.32. The normalized spacial score (nSPS) is 12.9. The zero-order valence-corrected chi connectivity index (χ0v) is 6.42. The summed E-state index contributed by atoms with van der Waals surface area (Å²) in [6.45, 7) is 3.44. The van der Waals surface area contributed by atoms with Crippen LogP contribution in [0.4, 0.5) is 0 Å². The Hall–Kier alpha value is -1.03. The number of carbonyl (C=O) groups excluding carboxylic acids is 1. The summed E-state index contributed by atoms with van der Waals surface area (Å²) in [6, 6.07) is 0. The lowest BCUT2D eigenvalue weighted by molar-refractivity contribution is -0.117. The molecule has 0 bridgehead atoms. The van der Waals surface area contributed by atoms with E-state index < -0.39 is 0 Å². The van der Waals surface area contributed by atoms with Crippen LogP contribution >= 0.6 is 0 Å². The average molecular weight is 136 g/mol. The van der Waals surface area contributed by atoms with Crippen molar-refractivity contribution in [3.8, 4) is 12.3 Å². The van der Waals surface area contributed by atoms with Gasteiger partial charge in [-0.3, -0.25) is 4.79 Å². The van der Waals surface area contributed by atoms with Gasteiger partial charge in [0.1, 0.15) is 5.78 Å². The van der Waals surface area contributed by atoms with Gasteiger partial charge < -0.3 is 0 Å². The maximum atomic E-state index is 10.6. The molecule has 0 aliphatic carbocycles. The van der Waals surface area contributed by atoms with E-state index in [4.69, 9.17) is 6.42 Å². The van der Waals surface area contributed by atoms with Crippen LogP contribution < -0.4 is 0 Å². The molecule has 1 unspecified atom stereocenters. The van der Waals surface area contributed by atoms with Crippen LogP contribution in [-0.2, 0) is 4.79 Å². The number of hydrogen-bond donors (Lipinski definition) is 0. The molecule has 0 saturated heterocycles. The molecule has 1 heteroatoms. The molecular weight excluding hydrogens is 124 g/mol. The Morgan fingerprint density at radius 1 is 1.80 bits per heavy atom. The fourth-order valence-electron chi connectivity index (χ4n) is 0.725. The minimum atomic E-state index is -0.0116. The van der Waals surface area contributed by atoms with E-state index in [1.54, 1.807) is 6.92 Å². The van der Waals surface area contributed by atoms with Crippen LogP contribution in [0.5, 0.6) is 0 Å². The number of allylic oxidation sites excluding steroid dienone is 2. The SMILES string of the molecule is C#CC(C=CC)CC(C)=O. The summed E-state index contributed by atoms with van der Waals surface area (Å²) in [7, 11) is 0. The van der Waals surface area contributed by atoms with E-state index in [9.17, 15) is 4.79 Å². The molecule has 0 spiro atoms. The van der Waals surface area contributed by atoms with Gasteiger partial charge in [0.05, 0.1) is 0 Å². The van der Waals surface area contributed by atoms with E-state index in [1.165, 1.54) is 0 Å². The second-order valence-electron chi connectivity index (χ2n) is 2.21. The van der Waals surface area contributed by atoms with Gasteiger partial charge in [0.25, 0.3) is 0 Å². The molecule has 1 nitrogen and oxygen atoms in total. The van der Waals surface area contributed by atoms with Crippen molar-refractivity contribution in [2.24, 2.45) is 5.92 Å². The number of rotatable bonds is 3. The summed E-state index contributed by atoms with van der Waals surface area (Å²) in [6.07, 6.45) is 9.34. The second kappa shape index (κ2) is 4.81. The van der Waals surface area contributed by atoms with Crippen molar-refractivity contribution in [3.63, 3.8) is 0 Å². The van der Waals surface area contributed by atoms with Crippen molar-refractivity contribution in [1.82, 2.24) is 0 Å². The number of hydrogen-bond acceptors (Lipinski definition) is 1. The van der Waals surface area contributed by atoms with E-state index in [-0.39, 0.29) is 11.7 Å². The van der Waals surface area contributed by atoms with Crippen LogP contribution in [0, 0.1) is 18.3 Å². The van der Waals surface area contributed by atoms with Crippen molar-refractivity contribution in [3.05, 3.63) is 12.2 Å². The smallest absolute Gasteiger partial charge is 0.131 e. The molecular formula is C9H12O. The molecule has 0 N–H and O–H groups in total. The fourth-order valence-corrected chi connectivity index (χ4v) is 0.725. The summed E-state index contributed by atoms with van der Waals surface area (Å²) in [5.74, 6) is 2.65. The van der Waals surface area contributed by atoms with Gasteiger partial charge in [0.15, 0.2) is 0 Å². The number of carbonyl (C=O) groups is 1. The molecule has 0 aliphatic rings. The molecule has 0 radical (unpaired) electrons. The van der Waals surface area contributed by atoms with E-state index in [2.05, 4.69) is 5.92 Å². The first-order chi connectivity index (χ1) is 4.70. The maximum absolute atomic E-state index is 10.6. The third-order valence-corrected chi connectivity index (χ3v) is 1.15. The lowest BCUT2D eigenvalue weighted by atomic mass is 10.0. The molecule has 10 heavy (non-hydrogen) atoms. The van der Waals surface area contributed by atoms with Crippen LogP contribution in [0.3, 0.4) is 0 Å². The van der Waals surface area contributed by atoms with Crippen molar-refractivity contribution in [2.75, 3.05) is 0 Å². The highest BCUT2D eigenvalue weighted by Gasteiger charge is 2.01. The standard InChI is InChI=1S/C9H12O/c1-4-6-9(5-2)7-8(3)10/h2,4,6,9H,7H2,1,3H3. The van der Waals surface area contributed by atoms with Crippen molar-refractivity contribution >= 4 is 5.78 Å². The van der Waals surface area contributed by atoms with Crippen molar-refractivity contribution < 1.29 is 4.79 Å². The van der Waals surface area contributed by atoms with Crippen molar-refractivity contribution in [2.45, 2.75) is 20.3 Å². The molecule has 0 fully saturated rings. The highest BCUT2D eigenvalue weighted by atomic mass is 16.1. The van der Waals surface area contributed by atoms with Gasteiger partial charge in [0, 0.05) is 12.3 Å². The molecule has 1 atom stereocenters. The van der Waals surface area contributed by atoms with E-state index in [1.807, 2.05) is 19.1 Å². The Bertz CT molecular complexity index is 172. The molecule has 0 heterocycles. The third-order valence-electron chi connectivity index (χ3n) is 1.15. The van der Waals surface area contributed by atoms with Gasteiger partial charge in [-0.05, 0) is 13.8 Å². The van der Waals surface area contributed by atoms with E-state index in [0.717, 1.165) is 0 Å². The molecule has 0 saturated carbocycles. The summed E-state index contributed by atoms with van der Waals surface area (Å²) in [4.78, 5) is 10.6. The Morgan fingerprint density at radius 3 is 2.70 bits per heavy atom. The van der Waals surface area contributed by atoms with Crippen LogP contribution in [0.25, 0.3) is 0 Å². The highest BCUT2D eigenvalue weighted by Crippen LogP contribution is 2.03. The molecule has 0 aliphatic heterocycles.